The van der Waals surface area contributed by atoms with Crippen LogP contribution in [0.1, 0.15) is 78.1 Å². The van der Waals surface area contributed by atoms with Crippen LogP contribution in [0, 0.1) is 12.3 Å². The van der Waals surface area contributed by atoms with Gasteiger partial charge in [-0.05, 0) is 0 Å². The Morgan fingerprint density at radius 1 is 0.792 bits per heavy atom. The monoisotopic (exact) mass is 403 g/mol. The first-order valence-corrected chi connectivity index (χ1v) is 9.37. The molecule has 0 radical (unpaired) electrons. The summed E-state index contributed by atoms with van der Waals surface area (Å²) in [5.41, 5.74) is 0.932. The minimum atomic E-state index is -0.0434. The molecule has 0 spiro atoms. The molecule has 2 fully saturated rings. The average molecular weight is 405 g/mol. The topological polar surface area (TPSA) is 14.1 Å². The van der Waals surface area contributed by atoms with Crippen molar-refractivity contribution >= 4 is 5.69 Å². The maximum Gasteiger partial charge on any atom is 4.00 e. The van der Waals surface area contributed by atoms with Gasteiger partial charge >= 0.3 is 26.2 Å². The largest absolute Gasteiger partial charge is 4.00 e. The van der Waals surface area contributed by atoms with E-state index < -0.39 is 0 Å². The molecular formula is C22H35NZr+2. The van der Waals surface area contributed by atoms with E-state index >= 15 is 0 Å². The minimum Gasteiger partial charge on any atom is -0.664 e. The quantitative estimate of drug-likeness (QED) is 0.453. The molecule has 0 bridgehead atoms. The van der Waals surface area contributed by atoms with Crippen molar-refractivity contribution < 1.29 is 26.2 Å². The molecule has 0 aromatic heterocycles. The van der Waals surface area contributed by atoms with Gasteiger partial charge in [0.15, 0.2) is 0 Å². The number of rotatable bonds is 3. The second-order valence-corrected chi connectivity index (χ2v) is 7.30. The van der Waals surface area contributed by atoms with Gasteiger partial charge in [0.25, 0.3) is 0 Å². The van der Waals surface area contributed by atoms with Crippen molar-refractivity contribution in [2.45, 2.75) is 78.1 Å². The normalized spacial score (nSPS) is 16.5. The average Bonchev–Trinajstić information content (AvgIpc) is 3.26. The SMILES string of the molecule is C1CCCC1.C1CCCC1.[CH2-]C(C)(C)/C=C\[N-]c1ccccc1.[Zr+4]. The Bertz CT molecular complexity index is 373. The second kappa shape index (κ2) is 14.9. The van der Waals surface area contributed by atoms with Crippen LogP contribution in [0.25, 0.3) is 5.32 Å². The molecule has 0 heterocycles. The van der Waals surface area contributed by atoms with Crippen molar-refractivity contribution in [3.8, 4) is 0 Å². The van der Waals surface area contributed by atoms with Gasteiger partial charge in [-0.2, -0.15) is 6.20 Å². The van der Waals surface area contributed by atoms with Gasteiger partial charge in [-0.1, -0.05) is 108 Å². The predicted octanol–water partition coefficient (Wildman–Crippen LogP) is 7.96. The first kappa shape index (κ1) is 23.6. The fourth-order valence-corrected chi connectivity index (χ4v) is 2.61. The van der Waals surface area contributed by atoms with Gasteiger partial charge in [0.1, 0.15) is 0 Å². The molecule has 2 saturated carbocycles. The summed E-state index contributed by atoms with van der Waals surface area (Å²) in [5.74, 6) is 0. The summed E-state index contributed by atoms with van der Waals surface area (Å²) < 4.78 is 0. The molecule has 0 amide bonds. The van der Waals surface area contributed by atoms with E-state index in [-0.39, 0.29) is 31.6 Å². The van der Waals surface area contributed by atoms with E-state index in [9.17, 15) is 0 Å². The third-order valence-corrected chi connectivity index (χ3v) is 4.01. The van der Waals surface area contributed by atoms with Crippen molar-refractivity contribution in [2.24, 2.45) is 5.41 Å². The summed E-state index contributed by atoms with van der Waals surface area (Å²) in [6.45, 7) is 8.05. The van der Waals surface area contributed by atoms with E-state index in [1.807, 2.05) is 56.5 Å². The molecule has 2 aliphatic carbocycles. The van der Waals surface area contributed by atoms with Crippen molar-refractivity contribution in [2.75, 3.05) is 0 Å². The summed E-state index contributed by atoms with van der Waals surface area (Å²) >= 11 is 0. The van der Waals surface area contributed by atoms with Crippen LogP contribution in [-0.4, -0.2) is 0 Å². The predicted molar refractivity (Wildman–Crippen MR) is 104 cm³/mol. The molecule has 1 aromatic rings. The number of nitrogens with zero attached hydrogens (tertiary/aromatic N) is 1. The van der Waals surface area contributed by atoms with Crippen LogP contribution in [0.5, 0.6) is 0 Å². The number of benzene rings is 1. The third-order valence-electron chi connectivity index (χ3n) is 4.01. The molecule has 24 heavy (non-hydrogen) atoms. The molecule has 0 N–H and O–H groups in total. The summed E-state index contributed by atoms with van der Waals surface area (Å²) in [4.78, 5) is 0. The second-order valence-electron chi connectivity index (χ2n) is 7.30. The first-order valence-electron chi connectivity index (χ1n) is 9.37. The standard InChI is InChI=1S/C12H15N.2C5H10.Zr/c1-12(2,3)9-10-13-11-7-5-4-6-8-11;2*1-2-4-5-3-1;/h4-10H,1H2,2-3H3;2*1-5H2;/q-2;;;+4/b10-9-;;;. The molecule has 0 aliphatic heterocycles. The Balaban J connectivity index is 0.000000393. The first-order chi connectivity index (χ1) is 11.1. The third kappa shape index (κ3) is 15.2. The fraction of sp³-hybridized carbons (Fsp3) is 0.591. The summed E-state index contributed by atoms with van der Waals surface area (Å²) in [5, 5.41) is 4.27. The van der Waals surface area contributed by atoms with Crippen LogP contribution in [0.3, 0.4) is 0 Å². The summed E-state index contributed by atoms with van der Waals surface area (Å²) in [7, 11) is 0. The summed E-state index contributed by atoms with van der Waals surface area (Å²) in [6, 6.07) is 9.87. The van der Waals surface area contributed by atoms with Gasteiger partial charge in [-0.25, -0.2) is 0 Å². The van der Waals surface area contributed by atoms with Gasteiger partial charge in [-0.3, -0.25) is 0 Å². The zero-order valence-electron chi connectivity index (χ0n) is 15.8. The van der Waals surface area contributed by atoms with Crippen molar-refractivity contribution in [3.05, 3.63) is 54.8 Å². The smallest absolute Gasteiger partial charge is 0.664 e. The molecule has 2 heteroatoms. The fourth-order valence-electron chi connectivity index (χ4n) is 2.61. The van der Waals surface area contributed by atoms with Gasteiger partial charge in [0.05, 0.1) is 0 Å². The maximum absolute atomic E-state index is 4.27. The maximum atomic E-state index is 4.27. The van der Waals surface area contributed by atoms with Crippen LogP contribution >= 0.6 is 0 Å². The van der Waals surface area contributed by atoms with E-state index in [0.29, 0.717) is 0 Å². The van der Waals surface area contributed by atoms with Gasteiger partial charge in [0.2, 0.25) is 0 Å². The zero-order chi connectivity index (χ0) is 16.8. The minimum absolute atomic E-state index is 0. The number of para-hydroxylation sites is 1. The number of allylic oxidation sites excluding steroid dienone is 1. The zero-order valence-corrected chi connectivity index (χ0v) is 18.2. The summed E-state index contributed by atoms with van der Waals surface area (Å²) in [6.07, 6.45) is 18.8. The number of hydrogen-bond acceptors (Lipinski definition) is 0. The van der Waals surface area contributed by atoms with Crippen molar-refractivity contribution in [1.82, 2.24) is 0 Å². The van der Waals surface area contributed by atoms with Crippen LogP contribution in [-0.2, 0) is 26.2 Å². The molecule has 1 aromatic carbocycles. The Hall–Kier alpha value is -0.357. The Labute approximate surface area is 169 Å². The van der Waals surface area contributed by atoms with Crippen LogP contribution in [0.4, 0.5) is 5.69 Å². The van der Waals surface area contributed by atoms with E-state index in [4.69, 9.17) is 0 Å². The number of hydrogen-bond donors (Lipinski definition) is 0. The van der Waals surface area contributed by atoms with Crippen molar-refractivity contribution in [3.63, 3.8) is 0 Å². The Kier molecular flexibility index (Phi) is 14.7. The molecule has 0 atom stereocenters. The van der Waals surface area contributed by atoms with E-state index in [1.54, 1.807) is 0 Å². The molecule has 2 aliphatic rings. The molecule has 3 rings (SSSR count). The van der Waals surface area contributed by atoms with Crippen LogP contribution < -0.4 is 0 Å². The van der Waals surface area contributed by atoms with Crippen LogP contribution in [0.2, 0.25) is 0 Å². The van der Waals surface area contributed by atoms with E-state index in [2.05, 4.69) is 12.2 Å². The molecule has 0 unspecified atom stereocenters. The molecule has 1 nitrogen and oxygen atoms in total. The van der Waals surface area contributed by atoms with Crippen LogP contribution in [0.15, 0.2) is 42.6 Å². The van der Waals surface area contributed by atoms with Gasteiger partial charge in [0, 0.05) is 0 Å². The van der Waals surface area contributed by atoms with E-state index in [0.717, 1.165) is 5.69 Å². The molecule has 130 valence electrons. The van der Waals surface area contributed by atoms with E-state index in [1.165, 1.54) is 64.2 Å². The Morgan fingerprint density at radius 3 is 1.50 bits per heavy atom. The van der Waals surface area contributed by atoms with Gasteiger partial charge in [-0.15, -0.1) is 17.2 Å². The van der Waals surface area contributed by atoms with Crippen molar-refractivity contribution in [1.29, 1.82) is 0 Å². The molecule has 0 saturated heterocycles. The van der Waals surface area contributed by atoms with Gasteiger partial charge < -0.3 is 12.2 Å². The Morgan fingerprint density at radius 2 is 1.17 bits per heavy atom. The molecular weight excluding hydrogens is 369 g/mol.